The first kappa shape index (κ1) is 12.3. The molecule has 1 atom stereocenters. The summed E-state index contributed by atoms with van der Waals surface area (Å²) in [6.07, 6.45) is 1.85. The van der Waals surface area contributed by atoms with E-state index in [0.717, 1.165) is 25.1 Å². The summed E-state index contributed by atoms with van der Waals surface area (Å²) >= 11 is 1.42. The number of thiazole rings is 1. The molecule has 1 fully saturated rings. The van der Waals surface area contributed by atoms with E-state index in [0.29, 0.717) is 11.4 Å². The molecule has 1 aliphatic rings. The number of likely N-dealkylation sites (tertiary alicyclic amines) is 1. The molecule has 3 heterocycles. The van der Waals surface area contributed by atoms with E-state index in [1.165, 1.54) is 11.3 Å². The Morgan fingerprint density at radius 3 is 3.21 bits per heavy atom. The van der Waals surface area contributed by atoms with E-state index in [1.54, 1.807) is 10.9 Å². The molecule has 1 saturated heterocycles. The van der Waals surface area contributed by atoms with Gasteiger partial charge >= 0.3 is 0 Å². The Labute approximate surface area is 114 Å². The van der Waals surface area contributed by atoms with Gasteiger partial charge in [0.25, 0.3) is 5.91 Å². The van der Waals surface area contributed by atoms with Crippen molar-refractivity contribution in [3.05, 3.63) is 34.0 Å². The van der Waals surface area contributed by atoms with Crippen LogP contribution < -0.4 is 0 Å². The number of aliphatic hydroxyl groups is 1. The highest BCUT2D eigenvalue weighted by molar-refractivity contribution is 7.07. The predicted octanol–water partition coefficient (Wildman–Crippen LogP) is 1.34. The summed E-state index contributed by atoms with van der Waals surface area (Å²) < 4.78 is 0. The maximum atomic E-state index is 12.4. The van der Waals surface area contributed by atoms with E-state index >= 15 is 0 Å². The Morgan fingerprint density at radius 1 is 1.63 bits per heavy atom. The molecule has 0 spiro atoms. The van der Waals surface area contributed by atoms with Gasteiger partial charge in [-0.25, -0.2) is 4.98 Å². The van der Waals surface area contributed by atoms with Gasteiger partial charge in [-0.1, -0.05) is 0 Å². The molecule has 0 aromatic carbocycles. The van der Waals surface area contributed by atoms with Gasteiger partial charge in [-0.15, -0.1) is 11.3 Å². The highest BCUT2D eigenvalue weighted by Crippen LogP contribution is 2.32. The zero-order chi connectivity index (χ0) is 13.2. The van der Waals surface area contributed by atoms with Crippen molar-refractivity contribution in [2.24, 2.45) is 0 Å². The molecule has 19 heavy (non-hydrogen) atoms. The van der Waals surface area contributed by atoms with Crippen LogP contribution in [0, 0.1) is 0 Å². The third-order valence-corrected chi connectivity index (χ3v) is 3.91. The van der Waals surface area contributed by atoms with Crippen LogP contribution in [0.15, 0.2) is 17.0 Å². The van der Waals surface area contributed by atoms with E-state index in [2.05, 4.69) is 15.2 Å². The monoisotopic (exact) mass is 278 g/mol. The molecule has 0 saturated carbocycles. The Kier molecular flexibility index (Phi) is 3.31. The molecule has 7 heteroatoms. The van der Waals surface area contributed by atoms with Crippen molar-refractivity contribution >= 4 is 17.2 Å². The van der Waals surface area contributed by atoms with Crippen molar-refractivity contribution in [2.45, 2.75) is 25.5 Å². The Hall–Kier alpha value is -1.73. The fourth-order valence-electron chi connectivity index (χ4n) is 2.41. The summed E-state index contributed by atoms with van der Waals surface area (Å²) in [7, 11) is 0. The average Bonchev–Trinajstić information content (AvgIpc) is 3.16. The first-order valence-corrected chi connectivity index (χ1v) is 7.08. The van der Waals surface area contributed by atoms with Crippen LogP contribution in [-0.2, 0) is 6.61 Å². The zero-order valence-electron chi connectivity index (χ0n) is 10.2. The van der Waals surface area contributed by atoms with E-state index in [-0.39, 0.29) is 18.6 Å². The summed E-state index contributed by atoms with van der Waals surface area (Å²) in [5, 5.41) is 17.8. The highest BCUT2D eigenvalue weighted by atomic mass is 32.1. The second-order valence-electron chi connectivity index (χ2n) is 4.51. The van der Waals surface area contributed by atoms with E-state index in [9.17, 15) is 4.79 Å². The molecular formula is C12H14N4O2S. The Balaban J connectivity index is 1.83. The lowest BCUT2D eigenvalue weighted by molar-refractivity contribution is 0.0728. The molecule has 3 rings (SSSR count). The fraction of sp³-hybridized carbons (Fsp3) is 0.417. The van der Waals surface area contributed by atoms with Crippen LogP contribution in [0.2, 0.25) is 0 Å². The van der Waals surface area contributed by atoms with Gasteiger partial charge in [0, 0.05) is 11.9 Å². The number of carbonyl (C=O) groups is 1. The van der Waals surface area contributed by atoms with Gasteiger partial charge in [0.15, 0.2) is 0 Å². The van der Waals surface area contributed by atoms with E-state index in [4.69, 9.17) is 5.11 Å². The molecular weight excluding hydrogens is 264 g/mol. The maximum absolute atomic E-state index is 12.4. The topological polar surface area (TPSA) is 82.1 Å². The summed E-state index contributed by atoms with van der Waals surface area (Å²) in [4.78, 5) is 18.2. The third-order valence-electron chi connectivity index (χ3n) is 3.33. The zero-order valence-corrected chi connectivity index (χ0v) is 11.1. The smallest absolute Gasteiger partial charge is 0.273 e. The lowest BCUT2D eigenvalue weighted by atomic mass is 10.1. The van der Waals surface area contributed by atoms with Crippen LogP contribution in [0.1, 0.15) is 40.8 Å². The van der Waals surface area contributed by atoms with Gasteiger partial charge in [0.2, 0.25) is 0 Å². The standard InChI is InChI=1S/C12H14N4O2S/c17-5-8-4-9(15-14-8)11-2-1-3-16(11)12(18)10-6-19-7-13-10/h4,6-7,11,17H,1-3,5H2,(H,14,15)/t11-/m0/s1. The number of hydrogen-bond acceptors (Lipinski definition) is 5. The van der Waals surface area contributed by atoms with Crippen LogP contribution in [0.4, 0.5) is 0 Å². The molecule has 2 aromatic rings. The number of aromatic amines is 1. The highest BCUT2D eigenvalue weighted by Gasteiger charge is 2.32. The number of H-pyrrole nitrogens is 1. The number of amides is 1. The molecule has 1 amide bonds. The van der Waals surface area contributed by atoms with Crippen LogP contribution in [0.3, 0.4) is 0 Å². The first-order chi connectivity index (χ1) is 9.29. The van der Waals surface area contributed by atoms with Gasteiger partial charge in [-0.2, -0.15) is 5.10 Å². The van der Waals surface area contributed by atoms with E-state index in [1.807, 2.05) is 11.0 Å². The number of rotatable bonds is 3. The summed E-state index contributed by atoms with van der Waals surface area (Å²) in [5.41, 5.74) is 3.64. The molecule has 0 bridgehead atoms. The molecule has 100 valence electrons. The molecule has 6 nitrogen and oxygen atoms in total. The lowest BCUT2D eigenvalue weighted by Crippen LogP contribution is -2.30. The molecule has 2 aromatic heterocycles. The number of nitrogens with zero attached hydrogens (tertiary/aromatic N) is 3. The van der Waals surface area contributed by atoms with Gasteiger partial charge in [-0.05, 0) is 18.9 Å². The molecule has 0 unspecified atom stereocenters. The summed E-state index contributed by atoms with van der Waals surface area (Å²) in [6.45, 7) is 0.655. The van der Waals surface area contributed by atoms with Gasteiger partial charge < -0.3 is 10.0 Å². The Bertz CT molecular complexity index is 566. The maximum Gasteiger partial charge on any atom is 0.273 e. The van der Waals surface area contributed by atoms with Crippen molar-refractivity contribution in [1.82, 2.24) is 20.1 Å². The largest absolute Gasteiger partial charge is 0.390 e. The third kappa shape index (κ3) is 2.26. The average molecular weight is 278 g/mol. The number of aliphatic hydroxyl groups excluding tert-OH is 1. The summed E-state index contributed by atoms with van der Waals surface area (Å²) in [6, 6.07) is 1.79. The van der Waals surface area contributed by atoms with Gasteiger partial charge in [0.05, 0.1) is 29.5 Å². The van der Waals surface area contributed by atoms with Crippen LogP contribution in [0.5, 0.6) is 0 Å². The molecule has 2 N–H and O–H groups in total. The minimum absolute atomic E-state index is 0.0225. The van der Waals surface area contributed by atoms with Crippen molar-refractivity contribution in [3.63, 3.8) is 0 Å². The number of aromatic nitrogens is 3. The minimum Gasteiger partial charge on any atom is -0.390 e. The number of carbonyl (C=O) groups excluding carboxylic acids is 1. The molecule has 0 radical (unpaired) electrons. The second kappa shape index (κ2) is 5.10. The normalized spacial score (nSPS) is 19.0. The van der Waals surface area contributed by atoms with Crippen LogP contribution in [0.25, 0.3) is 0 Å². The number of hydrogen-bond donors (Lipinski definition) is 2. The molecule has 1 aliphatic heterocycles. The lowest BCUT2D eigenvalue weighted by Gasteiger charge is -2.22. The van der Waals surface area contributed by atoms with Crippen LogP contribution >= 0.6 is 11.3 Å². The van der Waals surface area contributed by atoms with Gasteiger partial charge in [-0.3, -0.25) is 9.89 Å². The van der Waals surface area contributed by atoms with Crippen molar-refractivity contribution < 1.29 is 9.90 Å². The predicted molar refractivity (Wildman–Crippen MR) is 69.6 cm³/mol. The second-order valence-corrected chi connectivity index (χ2v) is 5.23. The van der Waals surface area contributed by atoms with Crippen molar-refractivity contribution in [1.29, 1.82) is 0 Å². The quantitative estimate of drug-likeness (QED) is 0.887. The first-order valence-electron chi connectivity index (χ1n) is 6.14. The Morgan fingerprint density at radius 2 is 2.53 bits per heavy atom. The van der Waals surface area contributed by atoms with E-state index < -0.39 is 0 Å². The molecule has 0 aliphatic carbocycles. The number of nitrogens with one attached hydrogen (secondary N) is 1. The fourth-order valence-corrected chi connectivity index (χ4v) is 2.94. The summed E-state index contributed by atoms with van der Waals surface area (Å²) in [5.74, 6) is -0.0442. The van der Waals surface area contributed by atoms with Crippen LogP contribution in [-0.4, -0.2) is 37.6 Å². The van der Waals surface area contributed by atoms with Gasteiger partial charge in [0.1, 0.15) is 5.69 Å². The minimum atomic E-state index is -0.0697. The SMILES string of the molecule is O=C(c1cscn1)N1CCC[C@H]1c1cc(CO)[nH]n1. The van der Waals surface area contributed by atoms with Crippen molar-refractivity contribution in [3.8, 4) is 0 Å². The van der Waals surface area contributed by atoms with Crippen molar-refractivity contribution in [2.75, 3.05) is 6.54 Å².